The second-order valence-corrected chi connectivity index (χ2v) is 9.29. The number of nitrogens with zero attached hydrogens (tertiary/aromatic N) is 2. The molecule has 0 aliphatic carbocycles. The molecule has 0 bridgehead atoms. The van der Waals surface area contributed by atoms with E-state index in [2.05, 4.69) is 32.2 Å². The van der Waals surface area contributed by atoms with Crippen molar-refractivity contribution in [2.24, 2.45) is 5.92 Å². The van der Waals surface area contributed by atoms with Crippen molar-refractivity contribution in [3.05, 3.63) is 101 Å². The fourth-order valence-corrected chi connectivity index (χ4v) is 3.96. The lowest BCUT2D eigenvalue weighted by Gasteiger charge is -2.12. The molecule has 180 valence electrons. The summed E-state index contributed by atoms with van der Waals surface area (Å²) in [5.74, 6) is 1.41. The van der Waals surface area contributed by atoms with Gasteiger partial charge in [-0.1, -0.05) is 50.2 Å². The molecule has 1 N–H and O–H groups in total. The molecule has 4 rings (SSSR count). The summed E-state index contributed by atoms with van der Waals surface area (Å²) in [6.07, 6.45) is 3.01. The van der Waals surface area contributed by atoms with Gasteiger partial charge >= 0.3 is 0 Å². The van der Waals surface area contributed by atoms with Crippen molar-refractivity contribution in [1.82, 2.24) is 15.1 Å². The lowest BCUT2D eigenvalue weighted by Crippen LogP contribution is -2.23. The van der Waals surface area contributed by atoms with Crippen molar-refractivity contribution in [2.45, 2.75) is 40.7 Å². The molecule has 0 spiro atoms. The van der Waals surface area contributed by atoms with E-state index in [1.165, 1.54) is 0 Å². The molecule has 0 saturated heterocycles. The minimum Gasteiger partial charge on any atom is -0.493 e. The molecule has 0 radical (unpaired) electrons. The Morgan fingerprint density at radius 2 is 1.71 bits per heavy atom. The highest BCUT2D eigenvalue weighted by molar-refractivity contribution is 5.95. The van der Waals surface area contributed by atoms with Gasteiger partial charge in [0, 0.05) is 29.4 Å². The number of nitrogens with one attached hydrogen (secondary N) is 1. The van der Waals surface area contributed by atoms with Crippen molar-refractivity contribution >= 4 is 5.91 Å². The number of amides is 1. The molecule has 0 atom stereocenters. The zero-order chi connectivity index (χ0) is 24.8. The van der Waals surface area contributed by atoms with Crippen molar-refractivity contribution in [3.8, 4) is 22.7 Å². The molecule has 4 aromatic rings. The molecule has 1 aromatic heterocycles. The van der Waals surface area contributed by atoms with E-state index >= 15 is 0 Å². The van der Waals surface area contributed by atoms with Gasteiger partial charge in [-0.2, -0.15) is 5.10 Å². The van der Waals surface area contributed by atoms with Gasteiger partial charge in [-0.15, -0.1) is 0 Å². The maximum Gasteiger partial charge on any atom is 0.251 e. The van der Waals surface area contributed by atoms with Crippen LogP contribution >= 0.6 is 0 Å². The van der Waals surface area contributed by atoms with Gasteiger partial charge in [0.15, 0.2) is 0 Å². The smallest absolute Gasteiger partial charge is 0.251 e. The SMILES string of the molecule is Cc1cc(-c2nn(-c3ccccc3)cc2CNC(=O)c2ccccc2C)ccc1OCCC(C)C. The topological polar surface area (TPSA) is 56.2 Å². The first-order valence-corrected chi connectivity index (χ1v) is 12.1. The first-order valence-electron chi connectivity index (χ1n) is 12.1. The minimum absolute atomic E-state index is 0.0911. The highest BCUT2D eigenvalue weighted by Crippen LogP contribution is 2.29. The van der Waals surface area contributed by atoms with E-state index in [1.807, 2.05) is 84.5 Å². The van der Waals surface area contributed by atoms with E-state index in [9.17, 15) is 4.79 Å². The third-order valence-corrected chi connectivity index (χ3v) is 6.04. The molecule has 0 fully saturated rings. The molecule has 5 nitrogen and oxygen atoms in total. The molecule has 0 aliphatic rings. The summed E-state index contributed by atoms with van der Waals surface area (Å²) in [6, 6.07) is 23.8. The normalized spacial score (nSPS) is 11.0. The summed E-state index contributed by atoms with van der Waals surface area (Å²) in [5, 5.41) is 7.98. The van der Waals surface area contributed by atoms with Crippen molar-refractivity contribution in [1.29, 1.82) is 0 Å². The maximum absolute atomic E-state index is 12.9. The molecule has 1 amide bonds. The lowest BCUT2D eigenvalue weighted by molar-refractivity contribution is 0.0950. The molecule has 35 heavy (non-hydrogen) atoms. The fraction of sp³-hybridized carbons (Fsp3) is 0.267. The number of hydrogen-bond acceptors (Lipinski definition) is 3. The molecule has 1 heterocycles. The second kappa shape index (κ2) is 11.0. The predicted octanol–water partition coefficient (Wildman–Crippen LogP) is 6.51. The number of aryl methyl sites for hydroxylation is 2. The van der Waals surface area contributed by atoms with Crippen LogP contribution in [-0.4, -0.2) is 22.3 Å². The molecular weight excluding hydrogens is 434 g/mol. The molecule has 0 unspecified atom stereocenters. The number of carbonyl (C=O) groups is 1. The van der Waals surface area contributed by atoms with Crippen LogP contribution in [-0.2, 0) is 6.54 Å². The van der Waals surface area contributed by atoms with E-state index in [0.717, 1.165) is 45.8 Å². The van der Waals surface area contributed by atoms with Gasteiger partial charge < -0.3 is 10.1 Å². The van der Waals surface area contributed by atoms with Crippen molar-refractivity contribution < 1.29 is 9.53 Å². The van der Waals surface area contributed by atoms with Gasteiger partial charge in [-0.05, 0) is 73.7 Å². The van der Waals surface area contributed by atoms with Crippen LogP contribution in [0.15, 0.2) is 79.0 Å². The number of ether oxygens (including phenoxy) is 1. The Kier molecular flexibility index (Phi) is 7.66. The lowest BCUT2D eigenvalue weighted by atomic mass is 10.0. The number of aromatic nitrogens is 2. The van der Waals surface area contributed by atoms with Crippen LogP contribution in [0.4, 0.5) is 0 Å². The maximum atomic E-state index is 12.9. The first-order chi connectivity index (χ1) is 16.9. The van der Waals surface area contributed by atoms with Gasteiger partial charge in [0.05, 0.1) is 18.0 Å². The molecule has 3 aromatic carbocycles. The second-order valence-electron chi connectivity index (χ2n) is 9.29. The summed E-state index contributed by atoms with van der Waals surface area (Å²) in [6.45, 7) is 9.48. The zero-order valence-corrected chi connectivity index (χ0v) is 20.9. The molecule has 0 aliphatic heterocycles. The van der Waals surface area contributed by atoms with Gasteiger partial charge in [0.25, 0.3) is 5.91 Å². The van der Waals surface area contributed by atoms with Crippen LogP contribution in [0, 0.1) is 19.8 Å². The van der Waals surface area contributed by atoms with E-state index < -0.39 is 0 Å². The van der Waals surface area contributed by atoms with E-state index in [0.29, 0.717) is 24.6 Å². The summed E-state index contributed by atoms with van der Waals surface area (Å²) < 4.78 is 7.87. The van der Waals surface area contributed by atoms with Gasteiger partial charge in [-0.25, -0.2) is 4.68 Å². The van der Waals surface area contributed by atoms with Gasteiger partial charge in [0.1, 0.15) is 5.75 Å². The highest BCUT2D eigenvalue weighted by Gasteiger charge is 2.16. The number of hydrogen-bond donors (Lipinski definition) is 1. The zero-order valence-electron chi connectivity index (χ0n) is 20.9. The molecule has 5 heteroatoms. The van der Waals surface area contributed by atoms with Crippen LogP contribution in [0.25, 0.3) is 16.9 Å². The van der Waals surface area contributed by atoms with Crippen LogP contribution in [0.1, 0.15) is 47.3 Å². The first kappa shape index (κ1) is 24.3. The van der Waals surface area contributed by atoms with Crippen molar-refractivity contribution in [2.75, 3.05) is 6.61 Å². The summed E-state index contributed by atoms with van der Waals surface area (Å²) in [7, 11) is 0. The van der Waals surface area contributed by atoms with Crippen LogP contribution in [0.2, 0.25) is 0 Å². The number of para-hydroxylation sites is 1. The Bertz CT molecular complexity index is 1290. The Labute approximate surface area is 207 Å². The van der Waals surface area contributed by atoms with E-state index in [4.69, 9.17) is 9.84 Å². The van der Waals surface area contributed by atoms with Crippen LogP contribution in [0.3, 0.4) is 0 Å². The van der Waals surface area contributed by atoms with Crippen LogP contribution in [0.5, 0.6) is 5.75 Å². The summed E-state index contributed by atoms with van der Waals surface area (Å²) in [4.78, 5) is 12.9. The van der Waals surface area contributed by atoms with E-state index in [-0.39, 0.29) is 5.91 Å². The Hall–Kier alpha value is -3.86. The Morgan fingerprint density at radius 3 is 2.43 bits per heavy atom. The third kappa shape index (κ3) is 5.99. The highest BCUT2D eigenvalue weighted by atomic mass is 16.5. The quantitative estimate of drug-likeness (QED) is 0.305. The Morgan fingerprint density at radius 1 is 0.971 bits per heavy atom. The third-order valence-electron chi connectivity index (χ3n) is 6.04. The van der Waals surface area contributed by atoms with Crippen LogP contribution < -0.4 is 10.1 Å². The minimum atomic E-state index is -0.0911. The average Bonchev–Trinajstić information content (AvgIpc) is 3.28. The van der Waals surface area contributed by atoms with E-state index in [1.54, 1.807) is 0 Å². The number of benzene rings is 3. The summed E-state index contributed by atoms with van der Waals surface area (Å²) >= 11 is 0. The molecular formula is C30H33N3O2. The summed E-state index contributed by atoms with van der Waals surface area (Å²) in [5.41, 5.74) is 6.45. The Balaban J connectivity index is 1.61. The average molecular weight is 468 g/mol. The van der Waals surface area contributed by atoms with Crippen molar-refractivity contribution in [3.63, 3.8) is 0 Å². The predicted molar refractivity (Wildman–Crippen MR) is 141 cm³/mol. The molecule has 0 saturated carbocycles. The monoisotopic (exact) mass is 467 g/mol. The fourth-order valence-electron chi connectivity index (χ4n) is 3.96. The standard InChI is InChI=1S/C30H33N3O2/c1-21(2)16-17-35-28-15-14-24(18-23(28)4)29-25(20-33(32-29)26-11-6-5-7-12-26)19-31-30(34)27-13-9-8-10-22(27)3/h5-15,18,20-21H,16-17,19H2,1-4H3,(H,31,34). The number of carbonyl (C=O) groups excluding carboxylic acids is 1. The largest absolute Gasteiger partial charge is 0.493 e. The van der Waals surface area contributed by atoms with Gasteiger partial charge in [0.2, 0.25) is 0 Å². The van der Waals surface area contributed by atoms with Gasteiger partial charge in [-0.3, -0.25) is 4.79 Å². The number of rotatable bonds is 9.